The van der Waals surface area contributed by atoms with Crippen LogP contribution in [0.2, 0.25) is 0 Å². The van der Waals surface area contributed by atoms with Gasteiger partial charge in [0, 0.05) is 19.8 Å². The van der Waals surface area contributed by atoms with E-state index in [1.54, 1.807) is 12.2 Å². The standard InChI is InChI=1S/C10H14O3S/c1-4-10(7-12-9(3)11)6-5-8(2)13-14/h4-6,14H,2,7H2,1,3H3/b6-5-,10-4+. The van der Waals surface area contributed by atoms with Gasteiger partial charge in [-0.25, -0.2) is 0 Å². The molecule has 0 radical (unpaired) electrons. The van der Waals surface area contributed by atoms with Gasteiger partial charge in [-0.3, -0.25) is 4.79 Å². The molecule has 0 rings (SSSR count). The molecule has 0 fully saturated rings. The van der Waals surface area contributed by atoms with Crippen LogP contribution in [0.4, 0.5) is 0 Å². The van der Waals surface area contributed by atoms with Crippen molar-refractivity contribution >= 4 is 18.9 Å². The lowest BCUT2D eigenvalue weighted by atomic mass is 10.2. The predicted octanol–water partition coefficient (Wildman–Crippen LogP) is 2.43. The van der Waals surface area contributed by atoms with Crippen LogP contribution in [-0.4, -0.2) is 12.6 Å². The summed E-state index contributed by atoms with van der Waals surface area (Å²) in [5.74, 6) is 0.123. The van der Waals surface area contributed by atoms with Gasteiger partial charge in [0.1, 0.15) is 12.4 Å². The molecule has 0 amide bonds. The minimum Gasteiger partial charge on any atom is -0.461 e. The van der Waals surface area contributed by atoms with Gasteiger partial charge < -0.3 is 8.92 Å². The van der Waals surface area contributed by atoms with Gasteiger partial charge in [0.05, 0.1) is 0 Å². The number of ether oxygens (including phenoxy) is 1. The molecular formula is C10H14O3S. The van der Waals surface area contributed by atoms with E-state index in [2.05, 4.69) is 23.7 Å². The molecule has 0 atom stereocenters. The van der Waals surface area contributed by atoms with E-state index in [1.807, 2.05) is 13.0 Å². The molecule has 0 aromatic carbocycles. The Morgan fingerprint density at radius 2 is 2.14 bits per heavy atom. The van der Waals surface area contributed by atoms with Gasteiger partial charge in [0.15, 0.2) is 0 Å². The number of carbonyl (C=O) groups is 1. The van der Waals surface area contributed by atoms with Crippen LogP contribution >= 0.6 is 12.9 Å². The fraction of sp³-hybridized carbons (Fsp3) is 0.300. The second-order valence-corrected chi connectivity index (χ2v) is 2.72. The predicted molar refractivity (Wildman–Crippen MR) is 58.7 cm³/mol. The zero-order chi connectivity index (χ0) is 11.0. The number of esters is 1. The number of hydrogen-bond donors (Lipinski definition) is 1. The molecule has 3 nitrogen and oxygen atoms in total. The zero-order valence-electron chi connectivity index (χ0n) is 8.32. The van der Waals surface area contributed by atoms with E-state index in [-0.39, 0.29) is 12.6 Å². The Morgan fingerprint density at radius 1 is 1.50 bits per heavy atom. The summed E-state index contributed by atoms with van der Waals surface area (Å²) >= 11 is 3.58. The van der Waals surface area contributed by atoms with Crippen LogP contribution in [-0.2, 0) is 13.7 Å². The number of thiol groups is 1. The Morgan fingerprint density at radius 3 is 2.57 bits per heavy atom. The van der Waals surface area contributed by atoms with E-state index in [0.717, 1.165) is 5.57 Å². The van der Waals surface area contributed by atoms with E-state index in [4.69, 9.17) is 4.74 Å². The maximum atomic E-state index is 10.5. The zero-order valence-corrected chi connectivity index (χ0v) is 9.21. The number of carbonyl (C=O) groups excluding carboxylic acids is 1. The monoisotopic (exact) mass is 214 g/mol. The molecule has 0 aromatic rings. The summed E-state index contributed by atoms with van der Waals surface area (Å²) in [4.78, 5) is 10.5. The van der Waals surface area contributed by atoms with Crippen LogP contribution in [0.1, 0.15) is 13.8 Å². The molecule has 0 unspecified atom stereocenters. The first-order valence-corrected chi connectivity index (χ1v) is 4.43. The highest BCUT2D eigenvalue weighted by Crippen LogP contribution is 2.03. The summed E-state index contributed by atoms with van der Waals surface area (Å²) in [6.07, 6.45) is 5.23. The summed E-state index contributed by atoms with van der Waals surface area (Å²) in [7, 11) is 0. The summed E-state index contributed by atoms with van der Waals surface area (Å²) in [6.45, 7) is 7.03. The smallest absolute Gasteiger partial charge is 0.302 e. The topological polar surface area (TPSA) is 35.5 Å². The summed E-state index contributed by atoms with van der Waals surface area (Å²) in [5, 5.41) is 0. The molecule has 4 heteroatoms. The molecule has 0 heterocycles. The number of rotatable bonds is 5. The first-order valence-electron chi connectivity index (χ1n) is 4.07. The van der Waals surface area contributed by atoms with Crippen molar-refractivity contribution in [3.63, 3.8) is 0 Å². The normalized spacial score (nSPS) is 11.5. The Bertz CT molecular complexity index is 267. The Hall–Kier alpha value is -1.16. The summed E-state index contributed by atoms with van der Waals surface area (Å²) in [6, 6.07) is 0. The van der Waals surface area contributed by atoms with E-state index in [0.29, 0.717) is 5.76 Å². The Kier molecular flexibility index (Phi) is 6.66. The van der Waals surface area contributed by atoms with Crippen molar-refractivity contribution in [1.29, 1.82) is 0 Å². The van der Waals surface area contributed by atoms with Crippen molar-refractivity contribution in [2.75, 3.05) is 6.61 Å². The van der Waals surface area contributed by atoms with Crippen molar-refractivity contribution in [1.82, 2.24) is 0 Å². The second-order valence-electron chi connectivity index (χ2n) is 2.53. The lowest BCUT2D eigenvalue weighted by Gasteiger charge is -2.02. The second kappa shape index (κ2) is 7.26. The molecule has 78 valence electrons. The first kappa shape index (κ1) is 12.8. The van der Waals surface area contributed by atoms with Gasteiger partial charge in [-0.15, -0.1) is 0 Å². The highest BCUT2D eigenvalue weighted by molar-refractivity contribution is 7.75. The van der Waals surface area contributed by atoms with Crippen LogP contribution in [0.3, 0.4) is 0 Å². The molecule has 0 aliphatic rings. The highest BCUT2D eigenvalue weighted by atomic mass is 32.1. The van der Waals surface area contributed by atoms with E-state index in [9.17, 15) is 4.79 Å². The maximum Gasteiger partial charge on any atom is 0.302 e. The molecule has 0 aromatic heterocycles. The van der Waals surface area contributed by atoms with Crippen molar-refractivity contribution < 1.29 is 13.7 Å². The molecule has 0 aliphatic heterocycles. The lowest BCUT2D eigenvalue weighted by molar-refractivity contribution is -0.139. The van der Waals surface area contributed by atoms with E-state index >= 15 is 0 Å². The third kappa shape index (κ3) is 6.37. The van der Waals surface area contributed by atoms with Crippen LogP contribution < -0.4 is 0 Å². The number of allylic oxidation sites excluding steroid dienone is 2. The minimum atomic E-state index is -0.304. The molecule has 0 spiro atoms. The molecule has 0 aliphatic carbocycles. The number of hydrogen-bond acceptors (Lipinski definition) is 4. The van der Waals surface area contributed by atoms with Gasteiger partial charge in [-0.2, -0.15) is 0 Å². The first-order chi connectivity index (χ1) is 6.60. The van der Waals surface area contributed by atoms with Crippen LogP contribution in [0, 0.1) is 0 Å². The van der Waals surface area contributed by atoms with Crippen molar-refractivity contribution in [3.05, 3.63) is 36.1 Å². The molecule has 14 heavy (non-hydrogen) atoms. The molecule has 0 bridgehead atoms. The lowest BCUT2D eigenvalue weighted by Crippen LogP contribution is -2.01. The SMILES string of the molecule is C=C(/C=C\C(=C/C)COC(C)=O)OS. The van der Waals surface area contributed by atoms with Crippen molar-refractivity contribution in [3.8, 4) is 0 Å². The largest absolute Gasteiger partial charge is 0.461 e. The molecular weight excluding hydrogens is 200 g/mol. The van der Waals surface area contributed by atoms with Crippen LogP contribution in [0.5, 0.6) is 0 Å². The quantitative estimate of drug-likeness (QED) is 0.251. The molecule has 0 saturated carbocycles. The Balaban J connectivity index is 4.11. The van der Waals surface area contributed by atoms with Crippen LogP contribution in [0.25, 0.3) is 0 Å². The van der Waals surface area contributed by atoms with E-state index < -0.39 is 0 Å². The average molecular weight is 214 g/mol. The maximum absolute atomic E-state index is 10.5. The van der Waals surface area contributed by atoms with Gasteiger partial charge in [0.2, 0.25) is 0 Å². The fourth-order valence-electron chi connectivity index (χ4n) is 0.643. The van der Waals surface area contributed by atoms with Crippen molar-refractivity contribution in [2.45, 2.75) is 13.8 Å². The van der Waals surface area contributed by atoms with Gasteiger partial charge in [-0.1, -0.05) is 18.7 Å². The summed E-state index contributed by atoms with van der Waals surface area (Å²) < 4.78 is 9.36. The van der Waals surface area contributed by atoms with E-state index in [1.165, 1.54) is 6.92 Å². The average Bonchev–Trinajstić information content (AvgIpc) is 2.17. The third-order valence-electron chi connectivity index (χ3n) is 1.41. The molecule has 0 N–H and O–H groups in total. The van der Waals surface area contributed by atoms with Crippen molar-refractivity contribution in [2.24, 2.45) is 0 Å². The van der Waals surface area contributed by atoms with Gasteiger partial charge in [-0.05, 0) is 18.6 Å². The minimum absolute atomic E-state index is 0.252. The molecule has 0 saturated heterocycles. The third-order valence-corrected chi connectivity index (χ3v) is 1.65. The van der Waals surface area contributed by atoms with Gasteiger partial charge in [0.25, 0.3) is 0 Å². The Labute approximate surface area is 89.7 Å². The highest BCUT2D eigenvalue weighted by Gasteiger charge is 1.95. The van der Waals surface area contributed by atoms with Gasteiger partial charge >= 0.3 is 5.97 Å². The van der Waals surface area contributed by atoms with Crippen LogP contribution in [0.15, 0.2) is 36.1 Å². The summed E-state index contributed by atoms with van der Waals surface area (Å²) in [5.41, 5.74) is 0.867. The fourth-order valence-corrected chi connectivity index (χ4v) is 0.704.